The number of nitrogens with one attached hydrogen (secondary N) is 2. The number of benzene rings is 4. The van der Waals surface area contributed by atoms with E-state index in [0.29, 0.717) is 36.4 Å². The average molecular weight is 1030 g/mol. The number of likely N-dealkylation sites (tertiary alicyclic amines) is 1. The molecule has 2 atom stereocenters. The van der Waals surface area contributed by atoms with Gasteiger partial charge in [-0.05, 0) is 43.5 Å². The molecular formula is C47H17F20N5. The minimum absolute atomic E-state index is 0.363. The van der Waals surface area contributed by atoms with E-state index < -0.39 is 218 Å². The molecule has 5 nitrogen and oxygen atoms in total. The van der Waals surface area contributed by atoms with Gasteiger partial charge in [0.05, 0.1) is 45.0 Å². The minimum atomic E-state index is -2.71. The molecule has 2 N–H and O–H groups in total. The third-order valence-electron chi connectivity index (χ3n) is 12.4. The summed E-state index contributed by atoms with van der Waals surface area (Å²) in [7, 11) is 1.36. The molecule has 6 heterocycles. The first kappa shape index (κ1) is 48.0. The molecule has 2 aromatic heterocycles. The average Bonchev–Trinajstić information content (AvgIpc) is 4.23. The summed E-state index contributed by atoms with van der Waals surface area (Å²) in [5.41, 5.74) is -19.4. The highest BCUT2D eigenvalue weighted by atomic mass is 19.2. The Morgan fingerprint density at radius 1 is 0.319 bits per heavy atom. The van der Waals surface area contributed by atoms with Gasteiger partial charge in [-0.3, -0.25) is 0 Å². The SMILES string of the molecule is CN1C[C@@H]2c3[nH]c(c(-c4c(F)c(F)c(F)c(F)c4F)c4nc(c(-c5c(F)c(F)c(F)c(F)c5F)c5ccc([nH]5)c(-c5c(F)c(F)c(F)c(F)c5F)c5nc(c3-c3c(F)c(F)c(F)c(F)c3F)C=C5)C=C4)[C@@H]2C1. The molecule has 1 fully saturated rings. The van der Waals surface area contributed by atoms with Gasteiger partial charge >= 0.3 is 0 Å². The van der Waals surface area contributed by atoms with Crippen LogP contribution in [0.4, 0.5) is 87.8 Å². The lowest BCUT2D eigenvalue weighted by Crippen LogP contribution is -2.15. The van der Waals surface area contributed by atoms with Gasteiger partial charge in [-0.1, -0.05) is 0 Å². The van der Waals surface area contributed by atoms with Crippen molar-refractivity contribution in [3.05, 3.63) is 163 Å². The predicted molar refractivity (Wildman–Crippen MR) is 214 cm³/mol. The Kier molecular flexibility index (Phi) is 11.1. The predicted octanol–water partition coefficient (Wildman–Crippen LogP) is 13.6. The van der Waals surface area contributed by atoms with Crippen molar-refractivity contribution in [3.63, 3.8) is 0 Å². The second-order valence-electron chi connectivity index (χ2n) is 16.4. The molecule has 25 heteroatoms. The van der Waals surface area contributed by atoms with Gasteiger partial charge in [-0.2, -0.15) is 0 Å². The van der Waals surface area contributed by atoms with Crippen LogP contribution in [0.3, 0.4) is 0 Å². The fraction of sp³-hybridized carbons (Fsp3) is 0.106. The Hall–Kier alpha value is -7.70. The van der Waals surface area contributed by atoms with Crippen molar-refractivity contribution >= 4 is 35.3 Å². The summed E-state index contributed by atoms with van der Waals surface area (Å²) >= 11 is 0. The van der Waals surface area contributed by atoms with Crippen molar-refractivity contribution in [2.75, 3.05) is 20.1 Å². The van der Waals surface area contributed by atoms with Gasteiger partial charge in [0.1, 0.15) is 0 Å². The van der Waals surface area contributed by atoms with Gasteiger partial charge in [-0.25, -0.2) is 97.8 Å². The second kappa shape index (κ2) is 16.7. The summed E-state index contributed by atoms with van der Waals surface area (Å²) in [6.07, 6.45) is 2.64. The molecular weight excluding hydrogens is 1010 g/mol. The molecule has 8 bridgehead atoms. The van der Waals surface area contributed by atoms with Crippen molar-refractivity contribution in [2.45, 2.75) is 11.8 Å². The molecule has 72 heavy (non-hydrogen) atoms. The van der Waals surface area contributed by atoms with Gasteiger partial charge in [0, 0.05) is 69.6 Å². The molecule has 4 aliphatic rings. The molecule has 4 aliphatic heterocycles. The van der Waals surface area contributed by atoms with E-state index in [9.17, 15) is 17.6 Å². The Morgan fingerprint density at radius 2 is 0.542 bits per heavy atom. The summed E-state index contributed by atoms with van der Waals surface area (Å²) in [5.74, 6) is -55.1. The van der Waals surface area contributed by atoms with Gasteiger partial charge in [0.15, 0.2) is 93.1 Å². The number of rotatable bonds is 4. The Bertz CT molecular complexity index is 3410. The van der Waals surface area contributed by atoms with Crippen LogP contribution in [-0.2, 0) is 0 Å². The maximum absolute atomic E-state index is 16.2. The molecule has 0 radical (unpaired) electrons. The first-order valence-corrected chi connectivity index (χ1v) is 20.2. The van der Waals surface area contributed by atoms with Crippen LogP contribution in [-0.4, -0.2) is 45.0 Å². The maximum Gasteiger partial charge on any atom is 0.200 e. The molecule has 4 aromatic carbocycles. The van der Waals surface area contributed by atoms with Crippen LogP contribution in [0.5, 0.6) is 0 Å². The number of aromatic amines is 2. The number of aromatic nitrogens is 4. The lowest BCUT2D eigenvalue weighted by molar-refractivity contribution is 0.381. The van der Waals surface area contributed by atoms with Gasteiger partial charge in [-0.15, -0.1) is 0 Å². The zero-order chi connectivity index (χ0) is 52.0. The molecule has 1 saturated heterocycles. The van der Waals surface area contributed by atoms with Crippen LogP contribution in [0.25, 0.3) is 79.8 Å². The van der Waals surface area contributed by atoms with Crippen molar-refractivity contribution in [3.8, 4) is 44.5 Å². The lowest BCUT2D eigenvalue weighted by atomic mass is 9.86. The van der Waals surface area contributed by atoms with Crippen molar-refractivity contribution in [1.82, 2.24) is 24.8 Å². The van der Waals surface area contributed by atoms with Crippen molar-refractivity contribution in [1.29, 1.82) is 0 Å². The highest BCUT2D eigenvalue weighted by molar-refractivity contribution is 5.97. The van der Waals surface area contributed by atoms with Crippen molar-refractivity contribution in [2.24, 2.45) is 0 Å². The van der Waals surface area contributed by atoms with E-state index in [1.807, 2.05) is 0 Å². The summed E-state index contributed by atoms with van der Waals surface area (Å²) in [6.45, 7) is -0.726. The lowest BCUT2D eigenvalue weighted by Gasteiger charge is -2.16. The molecule has 0 spiro atoms. The Labute approximate surface area is 386 Å². The van der Waals surface area contributed by atoms with E-state index >= 15 is 70.2 Å². The summed E-state index contributed by atoms with van der Waals surface area (Å²) in [6, 6.07) is 1.30. The highest BCUT2D eigenvalue weighted by Crippen LogP contribution is 2.52. The Balaban J connectivity index is 1.53. The topological polar surface area (TPSA) is 60.6 Å². The number of hydrogen-bond acceptors (Lipinski definition) is 3. The second-order valence-corrected chi connectivity index (χ2v) is 16.4. The van der Waals surface area contributed by atoms with Gasteiger partial charge in [0.2, 0.25) is 23.3 Å². The first-order chi connectivity index (χ1) is 34.0. The molecule has 6 aromatic rings. The summed E-state index contributed by atoms with van der Waals surface area (Å²) in [5, 5.41) is 0. The van der Waals surface area contributed by atoms with Gasteiger partial charge in [0.25, 0.3) is 0 Å². The van der Waals surface area contributed by atoms with Gasteiger partial charge < -0.3 is 14.9 Å². The molecule has 0 unspecified atom stereocenters. The van der Waals surface area contributed by atoms with E-state index in [4.69, 9.17) is 0 Å². The van der Waals surface area contributed by atoms with Crippen molar-refractivity contribution < 1.29 is 87.8 Å². The van der Waals surface area contributed by atoms with Crippen LogP contribution in [0, 0.1) is 116 Å². The zero-order valence-electron chi connectivity index (χ0n) is 34.9. The standard InChI is InChI=1S/C47H17F20N5/c1-72-8-10-11(9-72)47-21(25-32(54)40(62)45(67)41(63)33(25)55)17-7-5-15(70-17)19(23-28(50)36(58)43(65)37(59)29(23)51)13-3-2-12(68-13)18(22-26(48)34(56)42(64)35(57)27(22)49)14-4-6-16(69-14)20(46(10)71-47)24-30(52)38(60)44(66)39(61)31(24)53/h2-7,10-11,68,71H,8-9H2,1H3/t10-,11+. The molecule has 0 amide bonds. The zero-order valence-corrected chi connectivity index (χ0v) is 34.9. The van der Waals surface area contributed by atoms with E-state index in [1.54, 1.807) is 0 Å². The number of likely N-dealkylation sites (N-methyl/N-ethyl adjacent to an activating group) is 1. The quantitative estimate of drug-likeness (QED) is 0.105. The van der Waals surface area contributed by atoms with E-state index in [0.717, 1.165) is 0 Å². The minimum Gasteiger partial charge on any atom is -0.361 e. The first-order valence-electron chi connectivity index (χ1n) is 20.2. The smallest absolute Gasteiger partial charge is 0.200 e. The largest absolute Gasteiger partial charge is 0.361 e. The summed E-state index contributed by atoms with van der Waals surface area (Å²) in [4.78, 5) is 14.4. The summed E-state index contributed by atoms with van der Waals surface area (Å²) < 4.78 is 308. The van der Waals surface area contributed by atoms with E-state index in [1.165, 1.54) is 11.9 Å². The fourth-order valence-corrected chi connectivity index (χ4v) is 9.28. The number of hydrogen-bond donors (Lipinski definition) is 2. The van der Waals surface area contributed by atoms with Crippen LogP contribution in [0.2, 0.25) is 0 Å². The highest BCUT2D eigenvalue weighted by Gasteiger charge is 2.45. The van der Waals surface area contributed by atoms with Crippen LogP contribution >= 0.6 is 0 Å². The fourth-order valence-electron chi connectivity index (χ4n) is 9.28. The Morgan fingerprint density at radius 3 is 0.806 bits per heavy atom. The normalized spacial score (nSPS) is 15.8. The monoisotopic (exact) mass is 1030 g/mol. The number of nitrogens with zero attached hydrogens (tertiary/aromatic N) is 3. The van der Waals surface area contributed by atoms with Crippen LogP contribution in [0.15, 0.2) is 12.1 Å². The van der Waals surface area contributed by atoms with E-state index in [-0.39, 0.29) is 13.1 Å². The maximum atomic E-state index is 16.2. The van der Waals surface area contributed by atoms with Crippen LogP contribution in [0.1, 0.15) is 46.0 Å². The molecule has 370 valence electrons. The number of halogens is 20. The molecule has 10 rings (SSSR count). The molecule has 0 saturated carbocycles. The van der Waals surface area contributed by atoms with Crippen LogP contribution < -0.4 is 0 Å². The number of H-pyrrole nitrogens is 2. The third kappa shape index (κ3) is 6.67. The molecule has 0 aliphatic carbocycles. The number of fused-ring (bicyclic) bond motifs is 11. The van der Waals surface area contributed by atoms with E-state index in [2.05, 4.69) is 19.9 Å². The third-order valence-corrected chi connectivity index (χ3v) is 12.4.